The Kier molecular flexibility index (Phi) is 8.26. The minimum Gasteiger partial charge on any atom is -0.496 e. The summed E-state index contributed by atoms with van der Waals surface area (Å²) in [6.45, 7) is 8.60. The second-order valence-corrected chi connectivity index (χ2v) is 10.8. The number of methoxy groups -OCH3 is 1. The van der Waals surface area contributed by atoms with Crippen LogP contribution in [0.15, 0.2) is 60.7 Å². The third-order valence-electron chi connectivity index (χ3n) is 7.20. The van der Waals surface area contributed by atoms with Crippen molar-refractivity contribution in [2.24, 2.45) is 11.7 Å². The molecule has 0 unspecified atom stereocenters. The summed E-state index contributed by atoms with van der Waals surface area (Å²) in [5, 5.41) is 7.75. The van der Waals surface area contributed by atoms with E-state index < -0.39 is 6.03 Å². The highest BCUT2D eigenvalue weighted by atomic mass is 19.1. The van der Waals surface area contributed by atoms with Crippen LogP contribution in [-0.2, 0) is 19.5 Å². The molecule has 41 heavy (non-hydrogen) atoms. The van der Waals surface area contributed by atoms with Crippen molar-refractivity contribution < 1.29 is 18.7 Å². The summed E-state index contributed by atoms with van der Waals surface area (Å²) in [6, 6.07) is 17.9. The molecule has 2 heterocycles. The van der Waals surface area contributed by atoms with E-state index >= 15 is 0 Å². The number of halogens is 1. The Bertz CT molecular complexity index is 1550. The maximum absolute atomic E-state index is 14.8. The van der Waals surface area contributed by atoms with E-state index in [9.17, 15) is 9.18 Å². The van der Waals surface area contributed by atoms with E-state index in [-0.39, 0.29) is 5.82 Å². The first-order valence-corrected chi connectivity index (χ1v) is 13.8. The number of aryl methyl sites for hydroxylation is 1. The van der Waals surface area contributed by atoms with E-state index in [2.05, 4.69) is 37.1 Å². The van der Waals surface area contributed by atoms with Crippen LogP contribution in [0.25, 0.3) is 16.9 Å². The van der Waals surface area contributed by atoms with Crippen molar-refractivity contribution in [2.75, 3.05) is 25.6 Å². The van der Waals surface area contributed by atoms with Crippen LogP contribution >= 0.6 is 0 Å². The fraction of sp³-hybridized carbons (Fsp3) is 0.312. The Morgan fingerprint density at radius 1 is 1.10 bits per heavy atom. The molecule has 1 aliphatic rings. The Morgan fingerprint density at radius 2 is 1.83 bits per heavy atom. The van der Waals surface area contributed by atoms with E-state index in [0.717, 1.165) is 46.1 Å². The molecule has 0 atom stereocenters. The molecule has 0 radical (unpaired) electrons. The van der Waals surface area contributed by atoms with Gasteiger partial charge in [0, 0.05) is 48.4 Å². The molecule has 0 saturated heterocycles. The van der Waals surface area contributed by atoms with Gasteiger partial charge in [-0.2, -0.15) is 5.10 Å². The van der Waals surface area contributed by atoms with Gasteiger partial charge in [0.25, 0.3) is 0 Å². The molecule has 0 spiro atoms. The monoisotopic (exact) mass is 557 g/mol. The van der Waals surface area contributed by atoms with Crippen molar-refractivity contribution in [3.63, 3.8) is 0 Å². The van der Waals surface area contributed by atoms with E-state index in [1.54, 1.807) is 19.2 Å². The van der Waals surface area contributed by atoms with Crippen molar-refractivity contribution in [3.8, 4) is 28.4 Å². The number of fused-ring (bicyclic) bond motifs is 1. The largest absolute Gasteiger partial charge is 0.496 e. The van der Waals surface area contributed by atoms with E-state index in [1.165, 1.54) is 6.07 Å². The van der Waals surface area contributed by atoms with Crippen LogP contribution in [0.2, 0.25) is 0 Å². The Hall–Kier alpha value is -4.37. The van der Waals surface area contributed by atoms with Gasteiger partial charge in [0.05, 0.1) is 25.1 Å². The third-order valence-corrected chi connectivity index (χ3v) is 7.20. The zero-order chi connectivity index (χ0) is 29.1. The van der Waals surface area contributed by atoms with Gasteiger partial charge < -0.3 is 20.5 Å². The average molecular weight is 558 g/mol. The predicted molar refractivity (Wildman–Crippen MR) is 158 cm³/mol. The topological polar surface area (TPSA) is 94.6 Å². The Morgan fingerprint density at radius 3 is 2.54 bits per heavy atom. The highest BCUT2D eigenvalue weighted by Gasteiger charge is 2.29. The molecule has 2 amide bonds. The van der Waals surface area contributed by atoms with E-state index in [0.29, 0.717) is 49.0 Å². The summed E-state index contributed by atoms with van der Waals surface area (Å²) >= 11 is 0. The number of hydrogen-bond donors (Lipinski definition) is 2. The third kappa shape index (κ3) is 6.05. The van der Waals surface area contributed by atoms with Crippen LogP contribution in [0.5, 0.6) is 11.5 Å². The van der Waals surface area contributed by atoms with Gasteiger partial charge >= 0.3 is 6.03 Å². The molecule has 8 nitrogen and oxygen atoms in total. The standard InChI is InChI=1S/C32H36FN5O3/c1-20(2)19-41-29-10-5-7-21(3)30(29)38-31(22-11-13-23(14-12-22)35-32(34)39)25-18-37(16-15-27(25)36-38)17-24-26(33)8-6-9-28(24)40-4/h5-14,20H,15-19H2,1-4H3,(H3,34,35,39). The lowest BCUT2D eigenvalue weighted by Crippen LogP contribution is -2.30. The summed E-state index contributed by atoms with van der Waals surface area (Å²) in [5.41, 5.74) is 12.3. The molecule has 3 N–H and O–H groups in total. The smallest absolute Gasteiger partial charge is 0.316 e. The maximum Gasteiger partial charge on any atom is 0.316 e. The van der Waals surface area contributed by atoms with Gasteiger partial charge in [0.2, 0.25) is 0 Å². The fourth-order valence-corrected chi connectivity index (χ4v) is 5.26. The van der Waals surface area contributed by atoms with Crippen LogP contribution in [0.4, 0.5) is 14.9 Å². The van der Waals surface area contributed by atoms with Gasteiger partial charge in [0.15, 0.2) is 0 Å². The van der Waals surface area contributed by atoms with E-state index in [4.69, 9.17) is 20.3 Å². The Labute approximate surface area is 239 Å². The molecule has 0 saturated carbocycles. The molecule has 0 aliphatic carbocycles. The fourth-order valence-electron chi connectivity index (χ4n) is 5.26. The molecular formula is C32H36FN5O3. The van der Waals surface area contributed by atoms with Crippen LogP contribution in [-0.4, -0.2) is 41.0 Å². The number of amides is 2. The van der Waals surface area contributed by atoms with Gasteiger partial charge in [0.1, 0.15) is 23.0 Å². The second kappa shape index (κ2) is 12.0. The van der Waals surface area contributed by atoms with Gasteiger partial charge in [-0.05, 0) is 48.7 Å². The average Bonchev–Trinajstić information content (AvgIpc) is 3.31. The van der Waals surface area contributed by atoms with Crippen molar-refractivity contribution in [1.82, 2.24) is 14.7 Å². The van der Waals surface area contributed by atoms with Crippen LogP contribution < -0.4 is 20.5 Å². The molecule has 1 aromatic heterocycles. The van der Waals surface area contributed by atoms with Gasteiger partial charge in [-0.3, -0.25) is 4.90 Å². The first kappa shape index (κ1) is 28.2. The molecule has 9 heteroatoms. The lowest BCUT2D eigenvalue weighted by atomic mass is 9.99. The molecule has 214 valence electrons. The van der Waals surface area contributed by atoms with Crippen LogP contribution in [0.3, 0.4) is 0 Å². The number of anilines is 1. The lowest BCUT2D eigenvalue weighted by molar-refractivity contribution is 0.237. The van der Waals surface area contributed by atoms with Gasteiger partial charge in [-0.15, -0.1) is 0 Å². The molecule has 1 aliphatic heterocycles. The number of carbonyl (C=O) groups is 1. The van der Waals surface area contributed by atoms with E-state index in [1.807, 2.05) is 41.1 Å². The predicted octanol–water partition coefficient (Wildman–Crippen LogP) is 6.08. The number of aromatic nitrogens is 2. The first-order valence-electron chi connectivity index (χ1n) is 13.8. The normalized spacial score (nSPS) is 13.2. The molecule has 5 rings (SSSR count). The number of benzene rings is 3. The first-order chi connectivity index (χ1) is 19.7. The highest BCUT2D eigenvalue weighted by molar-refractivity contribution is 5.88. The number of rotatable bonds is 9. The van der Waals surface area contributed by atoms with Crippen LogP contribution in [0, 0.1) is 18.7 Å². The zero-order valence-electron chi connectivity index (χ0n) is 23.9. The number of nitrogens with zero attached hydrogens (tertiary/aromatic N) is 3. The lowest BCUT2D eigenvalue weighted by Gasteiger charge is -2.27. The Balaban J connectivity index is 1.60. The maximum atomic E-state index is 14.8. The molecular weight excluding hydrogens is 521 g/mol. The van der Waals surface area contributed by atoms with Crippen molar-refractivity contribution in [1.29, 1.82) is 0 Å². The minimum absolute atomic E-state index is 0.282. The highest BCUT2D eigenvalue weighted by Crippen LogP contribution is 2.38. The summed E-state index contributed by atoms with van der Waals surface area (Å²) in [6.07, 6.45) is 0.710. The number of nitrogens with two attached hydrogens (primary N) is 1. The van der Waals surface area contributed by atoms with Crippen molar-refractivity contribution in [3.05, 3.63) is 88.9 Å². The number of ether oxygens (including phenoxy) is 2. The summed E-state index contributed by atoms with van der Waals surface area (Å²) in [5.74, 6) is 1.38. The molecule has 3 aromatic carbocycles. The minimum atomic E-state index is -0.619. The second-order valence-electron chi connectivity index (χ2n) is 10.8. The van der Waals surface area contributed by atoms with Crippen molar-refractivity contribution in [2.45, 2.75) is 40.3 Å². The number of carbonyl (C=O) groups excluding carboxylic acids is 1. The molecule has 0 bridgehead atoms. The molecule has 0 fully saturated rings. The number of urea groups is 1. The summed E-state index contributed by atoms with van der Waals surface area (Å²) in [4.78, 5) is 13.6. The quantitative estimate of drug-likeness (QED) is 0.260. The number of nitrogens with one attached hydrogen (secondary N) is 1. The summed E-state index contributed by atoms with van der Waals surface area (Å²) in [7, 11) is 1.56. The zero-order valence-corrected chi connectivity index (χ0v) is 23.9. The SMILES string of the molecule is COc1cccc(F)c1CN1CCc2nn(-c3c(C)cccc3OCC(C)C)c(-c3ccc(NC(N)=O)cc3)c2C1. The van der Waals surface area contributed by atoms with Crippen LogP contribution in [0.1, 0.15) is 36.2 Å². The van der Waals surface area contributed by atoms with Gasteiger partial charge in [-0.25, -0.2) is 13.9 Å². The molecule has 4 aromatic rings. The number of primary amides is 1. The van der Waals surface area contributed by atoms with Crippen molar-refractivity contribution >= 4 is 11.7 Å². The van der Waals surface area contributed by atoms with Gasteiger partial charge in [-0.1, -0.05) is 44.2 Å². The summed E-state index contributed by atoms with van der Waals surface area (Å²) < 4.78 is 28.5. The number of hydrogen-bond acceptors (Lipinski definition) is 5. The number of para-hydroxylation sites is 1.